The van der Waals surface area contributed by atoms with Gasteiger partial charge in [0.05, 0.1) is 0 Å². The van der Waals surface area contributed by atoms with Crippen molar-refractivity contribution in [2.45, 2.75) is 39.7 Å². The zero-order chi connectivity index (χ0) is 15.1. The average Bonchev–Trinajstić information content (AvgIpc) is 2.38. The SMILES string of the molecule is CCCc1ccccc1NC(=O)N[C@@H](C(=O)O)C(C)C. The highest BCUT2D eigenvalue weighted by Gasteiger charge is 2.23. The molecule has 0 bridgehead atoms. The van der Waals surface area contributed by atoms with Gasteiger partial charge in [0.1, 0.15) is 6.04 Å². The van der Waals surface area contributed by atoms with Gasteiger partial charge in [-0.15, -0.1) is 0 Å². The van der Waals surface area contributed by atoms with Crippen LogP contribution in [0.5, 0.6) is 0 Å². The number of hydrogen-bond donors (Lipinski definition) is 3. The number of rotatable bonds is 6. The molecule has 5 heteroatoms. The van der Waals surface area contributed by atoms with Gasteiger partial charge in [0.2, 0.25) is 0 Å². The molecule has 0 unspecified atom stereocenters. The lowest BCUT2D eigenvalue weighted by atomic mass is 10.1. The van der Waals surface area contributed by atoms with E-state index in [1.165, 1.54) is 0 Å². The van der Waals surface area contributed by atoms with Crippen LogP contribution in [0.2, 0.25) is 0 Å². The zero-order valence-electron chi connectivity index (χ0n) is 12.1. The number of hydrogen-bond acceptors (Lipinski definition) is 2. The van der Waals surface area contributed by atoms with Crippen molar-refractivity contribution in [3.05, 3.63) is 29.8 Å². The summed E-state index contributed by atoms with van der Waals surface area (Å²) in [5.74, 6) is -1.21. The fourth-order valence-corrected chi connectivity index (χ4v) is 1.94. The first-order chi connectivity index (χ1) is 9.45. The molecule has 1 atom stereocenters. The summed E-state index contributed by atoms with van der Waals surface area (Å²) in [6.07, 6.45) is 1.84. The van der Waals surface area contributed by atoms with Gasteiger partial charge in [0, 0.05) is 5.69 Å². The molecule has 0 spiro atoms. The maximum Gasteiger partial charge on any atom is 0.326 e. The Kier molecular flexibility index (Phi) is 6.03. The molecule has 0 saturated carbocycles. The normalized spacial score (nSPS) is 12.0. The summed E-state index contributed by atoms with van der Waals surface area (Å²) in [6.45, 7) is 5.57. The third-order valence-electron chi connectivity index (χ3n) is 3.00. The van der Waals surface area contributed by atoms with E-state index in [9.17, 15) is 9.59 Å². The molecule has 1 aromatic carbocycles. The summed E-state index contributed by atoms with van der Waals surface area (Å²) in [6, 6.07) is 6.14. The second-order valence-corrected chi connectivity index (χ2v) is 5.07. The standard InChI is InChI=1S/C15H22N2O3/c1-4-7-11-8-5-6-9-12(11)16-15(20)17-13(10(2)3)14(18)19/h5-6,8-10,13H,4,7H2,1-3H3,(H,18,19)(H2,16,17,20)/t13-/m1/s1. The molecule has 0 aromatic heterocycles. The van der Waals surface area contributed by atoms with Gasteiger partial charge in [0.15, 0.2) is 0 Å². The molecular formula is C15H22N2O3. The third-order valence-corrected chi connectivity index (χ3v) is 3.00. The molecule has 5 nitrogen and oxygen atoms in total. The number of urea groups is 1. The molecule has 0 radical (unpaired) electrons. The Morgan fingerprint density at radius 1 is 1.25 bits per heavy atom. The highest BCUT2D eigenvalue weighted by atomic mass is 16.4. The maximum atomic E-state index is 11.9. The van der Waals surface area contributed by atoms with Crippen LogP contribution >= 0.6 is 0 Å². The summed E-state index contributed by atoms with van der Waals surface area (Å²) < 4.78 is 0. The van der Waals surface area contributed by atoms with E-state index in [4.69, 9.17) is 5.11 Å². The molecule has 110 valence electrons. The van der Waals surface area contributed by atoms with Crippen LogP contribution < -0.4 is 10.6 Å². The summed E-state index contributed by atoms with van der Waals surface area (Å²) >= 11 is 0. The number of carboxylic acid groups (broad SMARTS) is 1. The van der Waals surface area contributed by atoms with Crippen LogP contribution in [0.3, 0.4) is 0 Å². The number of carboxylic acids is 1. The Bertz CT molecular complexity index is 472. The van der Waals surface area contributed by atoms with E-state index < -0.39 is 18.0 Å². The molecule has 0 heterocycles. The number of amides is 2. The topological polar surface area (TPSA) is 78.4 Å². The molecule has 1 rings (SSSR count). The minimum atomic E-state index is -1.03. The third kappa shape index (κ3) is 4.57. The summed E-state index contributed by atoms with van der Waals surface area (Å²) in [5, 5.41) is 14.3. The lowest BCUT2D eigenvalue weighted by molar-refractivity contribution is -0.140. The smallest absolute Gasteiger partial charge is 0.326 e. The van der Waals surface area contributed by atoms with Gasteiger partial charge in [-0.3, -0.25) is 0 Å². The minimum Gasteiger partial charge on any atom is -0.480 e. The van der Waals surface area contributed by atoms with Crippen molar-refractivity contribution in [3.63, 3.8) is 0 Å². The fraction of sp³-hybridized carbons (Fsp3) is 0.467. The van der Waals surface area contributed by atoms with Crippen molar-refractivity contribution >= 4 is 17.7 Å². The molecule has 0 saturated heterocycles. The van der Waals surface area contributed by atoms with E-state index in [-0.39, 0.29) is 5.92 Å². The van der Waals surface area contributed by atoms with Gasteiger partial charge in [-0.1, -0.05) is 45.4 Å². The number of nitrogens with one attached hydrogen (secondary N) is 2. The van der Waals surface area contributed by atoms with Crippen LogP contribution in [-0.4, -0.2) is 23.1 Å². The van der Waals surface area contributed by atoms with E-state index in [1.54, 1.807) is 13.8 Å². The number of anilines is 1. The first-order valence-electron chi connectivity index (χ1n) is 6.84. The van der Waals surface area contributed by atoms with Gasteiger partial charge in [0.25, 0.3) is 0 Å². The number of carbonyl (C=O) groups is 2. The van der Waals surface area contributed by atoms with Crippen LogP contribution in [0.15, 0.2) is 24.3 Å². The number of aryl methyl sites for hydroxylation is 1. The molecule has 20 heavy (non-hydrogen) atoms. The van der Waals surface area contributed by atoms with E-state index in [2.05, 4.69) is 17.6 Å². The highest BCUT2D eigenvalue weighted by molar-refractivity contribution is 5.92. The predicted molar refractivity (Wildman–Crippen MR) is 78.9 cm³/mol. The Labute approximate surface area is 119 Å². The van der Waals surface area contributed by atoms with Gasteiger partial charge in [-0.25, -0.2) is 9.59 Å². The van der Waals surface area contributed by atoms with Crippen LogP contribution in [-0.2, 0) is 11.2 Å². The van der Waals surface area contributed by atoms with Crippen LogP contribution in [0.1, 0.15) is 32.8 Å². The Morgan fingerprint density at radius 3 is 2.45 bits per heavy atom. The minimum absolute atomic E-state index is 0.177. The Balaban J connectivity index is 2.73. The Morgan fingerprint density at radius 2 is 1.90 bits per heavy atom. The molecule has 2 amide bonds. The monoisotopic (exact) mass is 278 g/mol. The Hall–Kier alpha value is -2.04. The zero-order valence-corrected chi connectivity index (χ0v) is 12.1. The van der Waals surface area contributed by atoms with Gasteiger partial charge < -0.3 is 15.7 Å². The second kappa shape index (κ2) is 7.53. The quantitative estimate of drug-likeness (QED) is 0.748. The molecule has 3 N–H and O–H groups in total. The van der Waals surface area contributed by atoms with E-state index in [0.717, 1.165) is 24.1 Å². The molecule has 1 aromatic rings. The predicted octanol–water partition coefficient (Wildman–Crippen LogP) is 2.87. The summed E-state index contributed by atoms with van der Waals surface area (Å²) in [7, 11) is 0. The number of para-hydroxylation sites is 1. The molecular weight excluding hydrogens is 256 g/mol. The van der Waals surface area contributed by atoms with Crippen molar-refractivity contribution < 1.29 is 14.7 Å². The van der Waals surface area contributed by atoms with Gasteiger partial charge in [-0.2, -0.15) is 0 Å². The molecule has 0 aliphatic carbocycles. The van der Waals surface area contributed by atoms with Crippen LogP contribution in [0.4, 0.5) is 10.5 Å². The van der Waals surface area contributed by atoms with E-state index in [1.807, 2.05) is 24.3 Å². The number of benzene rings is 1. The lowest BCUT2D eigenvalue weighted by Crippen LogP contribution is -2.46. The number of aliphatic carboxylic acids is 1. The molecule has 0 aliphatic heterocycles. The van der Waals surface area contributed by atoms with Crippen molar-refractivity contribution in [1.82, 2.24) is 5.32 Å². The molecule has 0 aliphatic rings. The van der Waals surface area contributed by atoms with E-state index >= 15 is 0 Å². The molecule has 0 fully saturated rings. The largest absolute Gasteiger partial charge is 0.480 e. The van der Waals surface area contributed by atoms with Gasteiger partial charge >= 0.3 is 12.0 Å². The number of carbonyl (C=O) groups excluding carboxylic acids is 1. The van der Waals surface area contributed by atoms with Crippen LogP contribution in [0, 0.1) is 5.92 Å². The summed E-state index contributed by atoms with van der Waals surface area (Å²) in [5.41, 5.74) is 1.77. The van der Waals surface area contributed by atoms with Crippen molar-refractivity contribution in [2.24, 2.45) is 5.92 Å². The van der Waals surface area contributed by atoms with E-state index in [0.29, 0.717) is 0 Å². The lowest BCUT2D eigenvalue weighted by Gasteiger charge is -2.19. The van der Waals surface area contributed by atoms with Crippen molar-refractivity contribution in [3.8, 4) is 0 Å². The van der Waals surface area contributed by atoms with Crippen LogP contribution in [0.25, 0.3) is 0 Å². The summed E-state index contributed by atoms with van der Waals surface area (Å²) in [4.78, 5) is 23.0. The highest BCUT2D eigenvalue weighted by Crippen LogP contribution is 2.16. The van der Waals surface area contributed by atoms with Crippen molar-refractivity contribution in [2.75, 3.05) is 5.32 Å². The average molecular weight is 278 g/mol. The first kappa shape index (κ1) is 16.0. The maximum absolute atomic E-state index is 11.9. The first-order valence-corrected chi connectivity index (χ1v) is 6.84. The fourth-order valence-electron chi connectivity index (χ4n) is 1.94. The van der Waals surface area contributed by atoms with Gasteiger partial charge in [-0.05, 0) is 24.0 Å². The second-order valence-electron chi connectivity index (χ2n) is 5.07. The van der Waals surface area contributed by atoms with Crippen molar-refractivity contribution in [1.29, 1.82) is 0 Å².